The Morgan fingerprint density at radius 3 is 2.68 bits per heavy atom. The molecule has 0 saturated carbocycles. The van der Waals surface area contributed by atoms with Crippen molar-refractivity contribution in [3.63, 3.8) is 0 Å². The molecule has 0 spiro atoms. The van der Waals surface area contributed by atoms with Gasteiger partial charge >= 0.3 is 5.97 Å². The Balaban J connectivity index is 0.000000481. The van der Waals surface area contributed by atoms with Gasteiger partial charge < -0.3 is 20.0 Å². The number of benzene rings is 1. The predicted octanol–water partition coefficient (Wildman–Crippen LogP) is 2.60. The quantitative estimate of drug-likeness (QED) is 0.441. The van der Waals surface area contributed by atoms with Crippen molar-refractivity contribution in [3.8, 4) is 12.3 Å². The van der Waals surface area contributed by atoms with E-state index in [2.05, 4.69) is 20.8 Å². The number of likely N-dealkylation sites (tertiary alicyclic amines) is 1. The van der Waals surface area contributed by atoms with E-state index >= 15 is 0 Å². The Morgan fingerprint density at radius 1 is 1.32 bits per heavy atom. The van der Waals surface area contributed by atoms with Crippen LogP contribution < -0.4 is 5.56 Å². The molecule has 1 atom stereocenters. The number of pyridine rings is 1. The van der Waals surface area contributed by atoms with Crippen LogP contribution in [0, 0.1) is 12.3 Å². The molecule has 34 heavy (non-hydrogen) atoms. The van der Waals surface area contributed by atoms with Gasteiger partial charge in [-0.15, -0.1) is 6.42 Å². The number of carboxylic acids is 1. The summed E-state index contributed by atoms with van der Waals surface area (Å²) in [5, 5.41) is 9.28. The van der Waals surface area contributed by atoms with Gasteiger partial charge in [-0.25, -0.2) is 8.42 Å². The molecule has 3 aromatic rings. The molecule has 0 radical (unpaired) electrons. The van der Waals surface area contributed by atoms with Crippen LogP contribution in [0.25, 0.3) is 21.8 Å². The van der Waals surface area contributed by atoms with Crippen LogP contribution in [-0.4, -0.2) is 71.4 Å². The minimum Gasteiger partial charge on any atom is -0.481 e. The normalized spacial score (nSPS) is 16.5. The Labute approximate surface area is 198 Å². The summed E-state index contributed by atoms with van der Waals surface area (Å²) in [7, 11) is -1.76. The van der Waals surface area contributed by atoms with E-state index in [4.69, 9.17) is 11.5 Å². The number of aromatic nitrogens is 2. The van der Waals surface area contributed by atoms with Crippen molar-refractivity contribution in [2.24, 2.45) is 0 Å². The number of hydrogen-bond donors (Lipinski definition) is 3. The number of nitrogens with one attached hydrogen (secondary N) is 2. The monoisotopic (exact) mass is 486 g/mol. The van der Waals surface area contributed by atoms with E-state index < -0.39 is 16.0 Å². The van der Waals surface area contributed by atoms with Crippen molar-refractivity contribution < 1.29 is 18.3 Å². The number of likely N-dealkylation sites (N-methyl/N-ethyl adjacent to an activating group) is 1. The van der Waals surface area contributed by atoms with E-state index in [9.17, 15) is 18.0 Å². The van der Waals surface area contributed by atoms with Gasteiger partial charge in [0, 0.05) is 41.5 Å². The van der Waals surface area contributed by atoms with Gasteiger partial charge in [-0.1, -0.05) is 12.8 Å². The zero-order valence-electron chi connectivity index (χ0n) is 19.4. The van der Waals surface area contributed by atoms with Crippen molar-refractivity contribution >= 4 is 37.8 Å². The van der Waals surface area contributed by atoms with Crippen molar-refractivity contribution in [1.29, 1.82) is 0 Å². The average Bonchev–Trinajstić information content (AvgIpc) is 3.43. The van der Waals surface area contributed by atoms with E-state index in [0.29, 0.717) is 34.8 Å². The highest BCUT2D eigenvalue weighted by Crippen LogP contribution is 2.26. The van der Waals surface area contributed by atoms with Gasteiger partial charge in [-0.3, -0.25) is 9.59 Å². The maximum Gasteiger partial charge on any atom is 0.303 e. The summed E-state index contributed by atoms with van der Waals surface area (Å²) in [5.41, 5.74) is 0.784. The summed E-state index contributed by atoms with van der Waals surface area (Å²) in [5.74, 6) is 1.77. The maximum absolute atomic E-state index is 13.3. The molecule has 1 fully saturated rings. The number of rotatable bonds is 7. The number of sulfonamides is 1. The summed E-state index contributed by atoms with van der Waals surface area (Å²) in [6.45, 7) is 3.19. The third-order valence-electron chi connectivity index (χ3n) is 5.96. The molecule has 182 valence electrons. The molecule has 0 amide bonds. The van der Waals surface area contributed by atoms with Gasteiger partial charge in [0.2, 0.25) is 10.0 Å². The Hall–Kier alpha value is -3.13. The molecule has 1 aliphatic rings. The van der Waals surface area contributed by atoms with Crippen LogP contribution in [0.1, 0.15) is 32.6 Å². The summed E-state index contributed by atoms with van der Waals surface area (Å²) in [6, 6.07) is 6.70. The number of aromatic amines is 2. The number of terminal acetylenes is 1. The molecule has 3 N–H and O–H groups in total. The number of carboxylic acid groups (broad SMARTS) is 1. The highest BCUT2D eigenvalue weighted by Gasteiger charge is 2.30. The minimum absolute atomic E-state index is 0.0237. The van der Waals surface area contributed by atoms with Crippen LogP contribution >= 0.6 is 0 Å². The molecule has 9 nitrogen and oxygen atoms in total. The molecule has 10 heteroatoms. The summed E-state index contributed by atoms with van der Waals surface area (Å²) >= 11 is 0. The second-order valence-corrected chi connectivity index (χ2v) is 10.3. The first-order valence-corrected chi connectivity index (χ1v) is 12.6. The number of aliphatic carboxylic acids is 1. The van der Waals surface area contributed by atoms with E-state index in [0.717, 1.165) is 25.8 Å². The second-order valence-electron chi connectivity index (χ2n) is 8.35. The van der Waals surface area contributed by atoms with Crippen molar-refractivity contribution in [3.05, 3.63) is 40.8 Å². The molecule has 0 unspecified atom stereocenters. The highest BCUT2D eigenvalue weighted by molar-refractivity contribution is 7.89. The fourth-order valence-electron chi connectivity index (χ4n) is 4.14. The number of fused-ring (bicyclic) bond motifs is 3. The van der Waals surface area contributed by atoms with Crippen molar-refractivity contribution in [2.45, 2.75) is 43.5 Å². The van der Waals surface area contributed by atoms with Gasteiger partial charge in [0.15, 0.2) is 0 Å². The predicted molar refractivity (Wildman–Crippen MR) is 132 cm³/mol. The molecule has 1 aromatic carbocycles. The van der Waals surface area contributed by atoms with Crippen LogP contribution in [0.15, 0.2) is 40.2 Å². The third kappa shape index (κ3) is 5.50. The van der Waals surface area contributed by atoms with E-state index in [1.54, 1.807) is 24.4 Å². The molecule has 2 aromatic heterocycles. The fraction of sp³-hybridized carbons (Fsp3) is 0.417. The number of hydrogen-bond acceptors (Lipinski definition) is 5. The van der Waals surface area contributed by atoms with Crippen molar-refractivity contribution in [1.82, 2.24) is 19.2 Å². The van der Waals surface area contributed by atoms with Gasteiger partial charge in [0.25, 0.3) is 5.56 Å². The topological polar surface area (TPSA) is 127 Å². The minimum atomic E-state index is -3.77. The molecule has 4 rings (SSSR count). The van der Waals surface area contributed by atoms with Crippen LogP contribution in [0.4, 0.5) is 0 Å². The van der Waals surface area contributed by atoms with Gasteiger partial charge in [-0.05, 0) is 57.1 Å². The molecule has 3 heterocycles. The number of carbonyl (C=O) groups is 1. The van der Waals surface area contributed by atoms with E-state index in [1.807, 2.05) is 14.0 Å². The molecule has 1 saturated heterocycles. The molecule has 0 bridgehead atoms. The lowest BCUT2D eigenvalue weighted by molar-refractivity contribution is -0.137. The Kier molecular flexibility index (Phi) is 8.15. The SMILES string of the molecule is C#CCN(C[C@@H]1CCCN1C)S(=O)(=O)c1ccc2[nH]c(=O)c3[nH]ccc3c2c1.CCCC(=O)O. The fourth-order valence-corrected chi connectivity index (χ4v) is 5.56. The molecule has 1 aliphatic heterocycles. The number of nitrogens with zero attached hydrogens (tertiary/aromatic N) is 2. The first-order chi connectivity index (χ1) is 16.2. The lowest BCUT2D eigenvalue weighted by Crippen LogP contribution is -2.41. The zero-order chi connectivity index (χ0) is 24.9. The largest absolute Gasteiger partial charge is 0.481 e. The van der Waals surface area contributed by atoms with E-state index in [1.165, 1.54) is 10.4 Å². The van der Waals surface area contributed by atoms with Crippen LogP contribution in [0.2, 0.25) is 0 Å². The summed E-state index contributed by atoms with van der Waals surface area (Å²) in [4.78, 5) is 29.7. The summed E-state index contributed by atoms with van der Waals surface area (Å²) in [6.07, 6.45) is 10.2. The lowest BCUT2D eigenvalue weighted by atomic mass is 10.1. The first kappa shape index (κ1) is 25.5. The first-order valence-electron chi connectivity index (χ1n) is 11.2. The van der Waals surface area contributed by atoms with Crippen LogP contribution in [0.3, 0.4) is 0 Å². The zero-order valence-corrected chi connectivity index (χ0v) is 20.2. The Bertz CT molecular complexity index is 1370. The standard InChI is InChI=1S/C20H22N4O3S.C4H8O2/c1-3-10-24(13-14-5-4-11-23(14)2)28(26,27)15-6-7-18-17(12-15)16-8-9-21-19(16)20(25)22-18;1-2-3-4(5)6/h1,6-9,12,14,21H,4-5,10-11,13H2,2H3,(H,22,25);2-3H2,1H3,(H,5,6)/t14-;/m0./s1. The number of H-pyrrole nitrogens is 2. The van der Waals surface area contributed by atoms with Gasteiger partial charge in [0.1, 0.15) is 5.52 Å². The smallest absolute Gasteiger partial charge is 0.303 e. The highest BCUT2D eigenvalue weighted by atomic mass is 32.2. The van der Waals surface area contributed by atoms with E-state index in [-0.39, 0.29) is 23.0 Å². The third-order valence-corrected chi connectivity index (χ3v) is 7.77. The molecular formula is C24H30N4O5S. The Morgan fingerprint density at radius 2 is 2.09 bits per heavy atom. The van der Waals surface area contributed by atoms with Gasteiger partial charge in [0.05, 0.1) is 11.4 Å². The maximum atomic E-state index is 13.3. The molecular weight excluding hydrogens is 456 g/mol. The van der Waals surface area contributed by atoms with Crippen LogP contribution in [-0.2, 0) is 14.8 Å². The average molecular weight is 487 g/mol. The second kappa shape index (κ2) is 10.9. The van der Waals surface area contributed by atoms with Gasteiger partial charge in [-0.2, -0.15) is 4.31 Å². The van der Waals surface area contributed by atoms with Crippen molar-refractivity contribution in [2.75, 3.05) is 26.7 Å². The summed E-state index contributed by atoms with van der Waals surface area (Å²) < 4.78 is 28.0. The molecule has 0 aliphatic carbocycles. The van der Waals surface area contributed by atoms with Crippen LogP contribution in [0.5, 0.6) is 0 Å². The lowest BCUT2D eigenvalue weighted by Gasteiger charge is -2.27.